The smallest absolute Gasteiger partial charge is 0.214 e. The third-order valence-electron chi connectivity index (χ3n) is 2.61. The fraction of sp³-hybridized carbons (Fsp3) is 0.889. The van der Waals surface area contributed by atoms with Gasteiger partial charge in [-0.25, -0.2) is 12.7 Å². The van der Waals surface area contributed by atoms with Crippen LogP contribution in [0.5, 0.6) is 0 Å². The third-order valence-corrected chi connectivity index (χ3v) is 4.69. The fourth-order valence-electron chi connectivity index (χ4n) is 1.78. The number of nitrogens with zero attached hydrogens (tertiary/aromatic N) is 1. The Labute approximate surface area is 90.9 Å². The molecule has 1 fully saturated rings. The van der Waals surface area contributed by atoms with Gasteiger partial charge in [-0.05, 0) is 19.3 Å². The van der Waals surface area contributed by atoms with Gasteiger partial charge in [0.2, 0.25) is 16.4 Å². The Hall–Kier alpha value is -0.620. The molecule has 15 heavy (non-hydrogen) atoms. The Balaban J connectivity index is 2.46. The van der Waals surface area contributed by atoms with Gasteiger partial charge in [-0.3, -0.25) is 4.79 Å². The zero-order valence-corrected chi connectivity index (χ0v) is 9.79. The Morgan fingerprint density at radius 3 is 2.47 bits per heavy atom. The van der Waals surface area contributed by atoms with Gasteiger partial charge in [-0.2, -0.15) is 0 Å². The van der Waals surface area contributed by atoms with Crippen LogP contribution >= 0.6 is 0 Å². The Kier molecular flexibility index (Phi) is 4.53. The first-order valence-electron chi connectivity index (χ1n) is 5.27. The first kappa shape index (κ1) is 12.4. The van der Waals surface area contributed by atoms with Crippen LogP contribution in [0.2, 0.25) is 0 Å². The summed E-state index contributed by atoms with van der Waals surface area (Å²) in [5.74, 6) is 0.221. The van der Waals surface area contributed by atoms with Crippen LogP contribution < -0.4 is 5.32 Å². The number of nitrogens with one attached hydrogen (secondary N) is 1. The molecule has 0 atom stereocenters. The molecule has 1 amide bonds. The molecule has 0 aromatic carbocycles. The molecule has 1 N–H and O–H groups in total. The molecule has 0 bridgehead atoms. The van der Waals surface area contributed by atoms with Crippen molar-refractivity contribution in [2.75, 3.05) is 18.8 Å². The van der Waals surface area contributed by atoms with Crippen LogP contribution in [0, 0.1) is 0 Å². The highest BCUT2D eigenvalue weighted by Gasteiger charge is 2.26. The van der Waals surface area contributed by atoms with E-state index < -0.39 is 10.0 Å². The van der Waals surface area contributed by atoms with Gasteiger partial charge in [0.25, 0.3) is 0 Å². The van der Waals surface area contributed by atoms with Gasteiger partial charge in [0.05, 0.1) is 5.75 Å². The first-order chi connectivity index (χ1) is 7.10. The molecule has 0 saturated carbocycles. The molecule has 1 saturated heterocycles. The summed E-state index contributed by atoms with van der Waals surface area (Å²) in [6.45, 7) is 2.90. The maximum atomic E-state index is 11.7. The number of carbonyl (C=O) groups excluding carboxylic acids is 1. The topological polar surface area (TPSA) is 66.5 Å². The lowest BCUT2D eigenvalue weighted by Crippen LogP contribution is -2.45. The summed E-state index contributed by atoms with van der Waals surface area (Å²) in [6, 6.07) is 0.135. The van der Waals surface area contributed by atoms with Crippen molar-refractivity contribution < 1.29 is 13.2 Å². The van der Waals surface area contributed by atoms with Crippen LogP contribution in [0.25, 0.3) is 0 Å². The molecule has 6 heteroatoms. The summed E-state index contributed by atoms with van der Waals surface area (Å²) in [6.07, 6.45) is 2.75. The Bertz CT molecular complexity index is 294. The summed E-state index contributed by atoms with van der Waals surface area (Å²) in [5.41, 5.74) is 0. The average molecular weight is 234 g/mol. The lowest BCUT2D eigenvalue weighted by atomic mass is 10.1. The van der Waals surface area contributed by atoms with Crippen LogP contribution in [-0.2, 0) is 14.8 Å². The fourth-order valence-corrected chi connectivity index (χ4v) is 3.33. The highest BCUT2D eigenvalue weighted by atomic mass is 32.2. The SMILES string of the molecule is CCCS(=O)(=O)N1CCC(NC=O)CC1. The standard InChI is InChI=1S/C9H18N2O3S/c1-2-7-15(13,14)11-5-3-9(4-6-11)10-8-12/h8-9H,2-7H2,1H3,(H,10,12). The number of hydrogen-bond acceptors (Lipinski definition) is 3. The van der Waals surface area contributed by atoms with Gasteiger partial charge in [-0.1, -0.05) is 6.92 Å². The Morgan fingerprint density at radius 2 is 2.00 bits per heavy atom. The van der Waals surface area contributed by atoms with Crippen LogP contribution in [-0.4, -0.2) is 44.0 Å². The van der Waals surface area contributed by atoms with Gasteiger partial charge < -0.3 is 5.32 Å². The predicted molar refractivity (Wildman–Crippen MR) is 57.9 cm³/mol. The van der Waals surface area contributed by atoms with Gasteiger partial charge in [-0.15, -0.1) is 0 Å². The van der Waals surface area contributed by atoms with E-state index in [1.165, 1.54) is 4.31 Å². The molecule has 0 aliphatic carbocycles. The van der Waals surface area contributed by atoms with Crippen LogP contribution in [0.3, 0.4) is 0 Å². The minimum Gasteiger partial charge on any atom is -0.356 e. The molecule has 0 spiro atoms. The van der Waals surface area contributed by atoms with Gasteiger partial charge in [0, 0.05) is 19.1 Å². The van der Waals surface area contributed by atoms with Crippen molar-refractivity contribution in [1.29, 1.82) is 0 Å². The number of rotatable bonds is 5. The zero-order chi connectivity index (χ0) is 11.3. The minimum atomic E-state index is -3.05. The largest absolute Gasteiger partial charge is 0.356 e. The first-order valence-corrected chi connectivity index (χ1v) is 6.88. The lowest BCUT2D eigenvalue weighted by Gasteiger charge is -2.30. The highest BCUT2D eigenvalue weighted by Crippen LogP contribution is 2.14. The third kappa shape index (κ3) is 3.46. The van der Waals surface area contributed by atoms with Crippen LogP contribution in [0.1, 0.15) is 26.2 Å². The number of amides is 1. The van der Waals surface area contributed by atoms with E-state index in [-0.39, 0.29) is 11.8 Å². The van der Waals surface area contributed by atoms with Crippen molar-refractivity contribution in [3.63, 3.8) is 0 Å². The second-order valence-electron chi connectivity index (χ2n) is 3.77. The summed E-state index contributed by atoms with van der Waals surface area (Å²) >= 11 is 0. The van der Waals surface area contributed by atoms with E-state index in [0.29, 0.717) is 38.8 Å². The van der Waals surface area contributed by atoms with E-state index in [2.05, 4.69) is 5.32 Å². The summed E-state index contributed by atoms with van der Waals surface area (Å²) in [4.78, 5) is 10.2. The van der Waals surface area contributed by atoms with Gasteiger partial charge in [0.1, 0.15) is 0 Å². The van der Waals surface area contributed by atoms with E-state index in [9.17, 15) is 13.2 Å². The second-order valence-corrected chi connectivity index (χ2v) is 5.86. The van der Waals surface area contributed by atoms with Crippen molar-refractivity contribution >= 4 is 16.4 Å². The van der Waals surface area contributed by atoms with Crippen molar-refractivity contribution in [3.05, 3.63) is 0 Å². The average Bonchev–Trinajstić information content (AvgIpc) is 2.19. The molecule has 1 aliphatic heterocycles. The normalized spacial score (nSPS) is 20.1. The van der Waals surface area contributed by atoms with Crippen LogP contribution in [0.15, 0.2) is 0 Å². The highest BCUT2D eigenvalue weighted by molar-refractivity contribution is 7.89. The predicted octanol–water partition coefficient (Wildman–Crippen LogP) is -0.0634. The van der Waals surface area contributed by atoms with Crippen molar-refractivity contribution in [2.45, 2.75) is 32.2 Å². The zero-order valence-electron chi connectivity index (χ0n) is 8.98. The van der Waals surface area contributed by atoms with E-state index >= 15 is 0 Å². The molecule has 1 aliphatic rings. The van der Waals surface area contributed by atoms with E-state index in [1.807, 2.05) is 6.92 Å². The maximum absolute atomic E-state index is 11.7. The monoisotopic (exact) mass is 234 g/mol. The molecule has 88 valence electrons. The van der Waals surface area contributed by atoms with Crippen molar-refractivity contribution in [3.8, 4) is 0 Å². The summed E-state index contributed by atoms with van der Waals surface area (Å²) in [5, 5.41) is 2.69. The number of piperidine rings is 1. The van der Waals surface area contributed by atoms with E-state index in [0.717, 1.165) is 0 Å². The summed E-state index contributed by atoms with van der Waals surface area (Å²) < 4.78 is 24.9. The minimum absolute atomic E-state index is 0.135. The Morgan fingerprint density at radius 1 is 1.40 bits per heavy atom. The molecule has 5 nitrogen and oxygen atoms in total. The van der Waals surface area contributed by atoms with Crippen LogP contribution in [0.4, 0.5) is 0 Å². The molecule has 1 heterocycles. The molecule has 0 radical (unpaired) electrons. The van der Waals surface area contributed by atoms with Gasteiger partial charge in [0.15, 0.2) is 0 Å². The molecule has 0 unspecified atom stereocenters. The molecule has 1 rings (SSSR count). The second kappa shape index (κ2) is 5.46. The molecule has 0 aromatic rings. The quantitative estimate of drug-likeness (QED) is 0.678. The van der Waals surface area contributed by atoms with E-state index in [1.54, 1.807) is 0 Å². The van der Waals surface area contributed by atoms with Gasteiger partial charge >= 0.3 is 0 Å². The summed E-state index contributed by atoms with van der Waals surface area (Å²) in [7, 11) is -3.05. The number of carbonyl (C=O) groups is 1. The van der Waals surface area contributed by atoms with Crippen molar-refractivity contribution in [1.82, 2.24) is 9.62 Å². The molecular formula is C9H18N2O3S. The lowest BCUT2D eigenvalue weighted by molar-refractivity contribution is -0.110. The molecule has 0 aromatic heterocycles. The number of hydrogen-bond donors (Lipinski definition) is 1. The van der Waals surface area contributed by atoms with E-state index in [4.69, 9.17) is 0 Å². The molecular weight excluding hydrogens is 216 g/mol. The maximum Gasteiger partial charge on any atom is 0.214 e. The van der Waals surface area contributed by atoms with Crippen molar-refractivity contribution in [2.24, 2.45) is 0 Å². The number of sulfonamides is 1.